The van der Waals surface area contributed by atoms with E-state index in [2.05, 4.69) is 39.9 Å². The number of likely N-dealkylation sites (tertiary alicyclic amines) is 1. The van der Waals surface area contributed by atoms with Crippen LogP contribution in [-0.4, -0.2) is 85.5 Å². The van der Waals surface area contributed by atoms with E-state index in [-0.39, 0.29) is 0 Å². The molecule has 6 heteroatoms. The van der Waals surface area contributed by atoms with Gasteiger partial charge in [-0.3, -0.25) is 4.90 Å². The van der Waals surface area contributed by atoms with E-state index < -0.39 is 0 Å². The molecule has 1 aromatic carbocycles. The smallest absolute Gasteiger partial charge is 0.108 e. The van der Waals surface area contributed by atoms with Gasteiger partial charge in [-0.2, -0.15) is 0 Å². The minimum Gasteiger partial charge on any atom is -0.384 e. The molecule has 0 radical (unpaired) electrons. The fourth-order valence-corrected chi connectivity index (χ4v) is 6.40. The average molecular weight is 427 g/mol. The van der Waals surface area contributed by atoms with Crippen LogP contribution in [0.3, 0.4) is 0 Å². The van der Waals surface area contributed by atoms with Gasteiger partial charge in [-0.25, -0.2) is 4.98 Å². The molecule has 0 unspecified atom stereocenters. The zero-order valence-corrected chi connectivity index (χ0v) is 19.2. The van der Waals surface area contributed by atoms with E-state index in [0.29, 0.717) is 5.41 Å². The lowest BCUT2D eigenvalue weighted by Gasteiger charge is -2.54. The second-order valence-electron chi connectivity index (χ2n) is 10.1. The van der Waals surface area contributed by atoms with E-state index in [0.717, 1.165) is 74.7 Å². The lowest BCUT2D eigenvalue weighted by Crippen LogP contribution is -2.57. The molecule has 3 atom stereocenters. The third-order valence-electron chi connectivity index (χ3n) is 8.08. The van der Waals surface area contributed by atoms with Gasteiger partial charge in [-0.1, -0.05) is 6.07 Å². The molecule has 170 valence electrons. The molecule has 2 aromatic rings. The van der Waals surface area contributed by atoms with Crippen molar-refractivity contribution >= 4 is 11.0 Å². The Morgan fingerprint density at radius 3 is 2.94 bits per heavy atom. The minimum atomic E-state index is 0.320. The molecule has 0 amide bonds. The van der Waals surface area contributed by atoms with Gasteiger partial charge in [-0.15, -0.1) is 0 Å². The SMILES string of the molecule is COC[C@@]12CC[C@@H](N3CCOCC3)C[C@H]1CCN(CCc1nc3ccc(C)cc3[nH]1)C2. The van der Waals surface area contributed by atoms with Crippen molar-refractivity contribution in [2.45, 2.75) is 45.1 Å². The number of methoxy groups -OCH3 is 1. The highest BCUT2D eigenvalue weighted by atomic mass is 16.5. The van der Waals surface area contributed by atoms with Gasteiger partial charge in [0.15, 0.2) is 0 Å². The standard InChI is InChI=1S/C25H38N4O2/c1-19-3-4-22-23(15-19)27-24(26-22)7-10-28-9-6-20-16-21(29-11-13-31-14-12-29)5-8-25(20,17-28)18-30-2/h3-4,15,20-21H,5-14,16-18H2,1-2H3,(H,26,27)/t20-,21-,25+/m1/s1. The van der Waals surface area contributed by atoms with Gasteiger partial charge in [-0.05, 0) is 62.8 Å². The van der Waals surface area contributed by atoms with Crippen LogP contribution in [0.15, 0.2) is 18.2 Å². The number of nitrogens with zero attached hydrogens (tertiary/aromatic N) is 3. The van der Waals surface area contributed by atoms with E-state index in [1.165, 1.54) is 44.3 Å². The molecule has 5 rings (SSSR count). The number of aromatic nitrogens is 2. The number of nitrogens with one attached hydrogen (secondary N) is 1. The molecule has 1 aromatic heterocycles. The summed E-state index contributed by atoms with van der Waals surface area (Å²) in [5.74, 6) is 1.89. The van der Waals surface area contributed by atoms with Crippen molar-refractivity contribution in [1.82, 2.24) is 19.8 Å². The van der Waals surface area contributed by atoms with Gasteiger partial charge in [0.2, 0.25) is 0 Å². The second kappa shape index (κ2) is 9.18. The lowest BCUT2D eigenvalue weighted by molar-refractivity contribution is -0.0853. The van der Waals surface area contributed by atoms with E-state index >= 15 is 0 Å². The number of aryl methyl sites for hydroxylation is 1. The van der Waals surface area contributed by atoms with Crippen molar-refractivity contribution in [2.24, 2.45) is 11.3 Å². The average Bonchev–Trinajstić information content (AvgIpc) is 3.20. The lowest BCUT2D eigenvalue weighted by atomic mass is 9.62. The summed E-state index contributed by atoms with van der Waals surface area (Å²) >= 11 is 0. The summed E-state index contributed by atoms with van der Waals surface area (Å²) in [5.41, 5.74) is 3.84. The maximum absolute atomic E-state index is 5.81. The number of imidazole rings is 1. The Balaban J connectivity index is 1.21. The van der Waals surface area contributed by atoms with Crippen molar-refractivity contribution in [1.29, 1.82) is 0 Å². The first kappa shape index (κ1) is 21.4. The van der Waals surface area contributed by atoms with E-state index in [1.54, 1.807) is 0 Å². The minimum absolute atomic E-state index is 0.320. The second-order valence-corrected chi connectivity index (χ2v) is 10.1. The summed E-state index contributed by atoms with van der Waals surface area (Å²) in [5, 5.41) is 0. The number of hydrogen-bond acceptors (Lipinski definition) is 5. The molecular formula is C25H38N4O2. The molecular weight excluding hydrogens is 388 g/mol. The predicted molar refractivity (Wildman–Crippen MR) is 123 cm³/mol. The topological polar surface area (TPSA) is 53.6 Å². The van der Waals surface area contributed by atoms with Gasteiger partial charge in [0.05, 0.1) is 30.9 Å². The molecule has 31 heavy (non-hydrogen) atoms. The zero-order chi connectivity index (χ0) is 21.3. The van der Waals surface area contributed by atoms with Gasteiger partial charge in [0.1, 0.15) is 5.82 Å². The van der Waals surface area contributed by atoms with Gasteiger partial charge in [0, 0.05) is 51.2 Å². The van der Waals surface area contributed by atoms with Gasteiger partial charge >= 0.3 is 0 Å². The fourth-order valence-electron chi connectivity index (χ4n) is 6.40. The molecule has 1 aliphatic carbocycles. The number of H-pyrrole nitrogens is 1. The third-order valence-corrected chi connectivity index (χ3v) is 8.08. The van der Waals surface area contributed by atoms with Crippen LogP contribution in [0.4, 0.5) is 0 Å². The van der Waals surface area contributed by atoms with Crippen LogP contribution in [0, 0.1) is 18.3 Å². The van der Waals surface area contributed by atoms with Crippen LogP contribution in [0.1, 0.15) is 37.1 Å². The molecule has 0 spiro atoms. The normalized spacial score (nSPS) is 30.5. The Bertz CT molecular complexity index is 878. The number of hydrogen-bond donors (Lipinski definition) is 1. The van der Waals surface area contributed by atoms with Crippen molar-refractivity contribution in [2.75, 3.05) is 59.7 Å². The van der Waals surface area contributed by atoms with Crippen LogP contribution in [0.5, 0.6) is 0 Å². The van der Waals surface area contributed by atoms with E-state index in [1.807, 2.05) is 7.11 Å². The Labute approximate surface area is 186 Å². The highest BCUT2D eigenvalue weighted by Gasteiger charge is 2.47. The number of piperidine rings is 1. The largest absolute Gasteiger partial charge is 0.384 e. The summed E-state index contributed by atoms with van der Waals surface area (Å²) in [4.78, 5) is 13.7. The maximum atomic E-state index is 5.81. The van der Waals surface area contributed by atoms with Crippen molar-refractivity contribution in [3.8, 4) is 0 Å². The van der Waals surface area contributed by atoms with Gasteiger partial charge in [0.25, 0.3) is 0 Å². The number of rotatable bonds is 6. The van der Waals surface area contributed by atoms with Crippen LogP contribution in [0.2, 0.25) is 0 Å². The van der Waals surface area contributed by atoms with E-state index in [4.69, 9.17) is 14.5 Å². The molecule has 6 nitrogen and oxygen atoms in total. The summed E-state index contributed by atoms with van der Waals surface area (Å²) < 4.78 is 11.4. The summed E-state index contributed by atoms with van der Waals surface area (Å²) in [6, 6.07) is 7.19. The van der Waals surface area contributed by atoms with Gasteiger partial charge < -0.3 is 19.4 Å². The van der Waals surface area contributed by atoms with Crippen molar-refractivity contribution < 1.29 is 9.47 Å². The number of morpholine rings is 1. The highest BCUT2D eigenvalue weighted by molar-refractivity contribution is 5.75. The molecule has 3 heterocycles. The summed E-state index contributed by atoms with van der Waals surface area (Å²) in [6.07, 6.45) is 6.20. The maximum Gasteiger partial charge on any atom is 0.108 e. The molecule has 3 aliphatic rings. The molecule has 3 fully saturated rings. The number of fused-ring (bicyclic) bond motifs is 2. The molecule has 2 aliphatic heterocycles. The van der Waals surface area contributed by atoms with Crippen LogP contribution in [0.25, 0.3) is 11.0 Å². The summed E-state index contributed by atoms with van der Waals surface area (Å²) in [6.45, 7) is 10.5. The predicted octanol–water partition coefficient (Wildman–Crippen LogP) is 3.25. The zero-order valence-electron chi connectivity index (χ0n) is 19.2. The number of ether oxygens (including phenoxy) is 2. The third kappa shape index (κ3) is 4.54. The first-order chi connectivity index (χ1) is 15.1. The Kier molecular flexibility index (Phi) is 6.33. The van der Waals surface area contributed by atoms with E-state index in [9.17, 15) is 0 Å². The van der Waals surface area contributed by atoms with Crippen molar-refractivity contribution in [3.05, 3.63) is 29.6 Å². The monoisotopic (exact) mass is 426 g/mol. The number of aromatic amines is 1. The quantitative estimate of drug-likeness (QED) is 0.768. The number of benzene rings is 1. The Morgan fingerprint density at radius 2 is 2.10 bits per heavy atom. The summed E-state index contributed by atoms with van der Waals surface area (Å²) in [7, 11) is 1.88. The molecule has 1 saturated carbocycles. The molecule has 1 N–H and O–H groups in total. The Hall–Kier alpha value is -1.47. The molecule has 2 saturated heterocycles. The van der Waals surface area contributed by atoms with Crippen molar-refractivity contribution in [3.63, 3.8) is 0 Å². The molecule has 0 bridgehead atoms. The first-order valence-electron chi connectivity index (χ1n) is 12.1. The fraction of sp³-hybridized carbons (Fsp3) is 0.720. The Morgan fingerprint density at radius 1 is 1.23 bits per heavy atom. The van der Waals surface area contributed by atoms with Crippen LogP contribution in [-0.2, 0) is 15.9 Å². The van der Waals surface area contributed by atoms with Crippen LogP contribution >= 0.6 is 0 Å². The van der Waals surface area contributed by atoms with Crippen LogP contribution < -0.4 is 0 Å². The highest BCUT2D eigenvalue weighted by Crippen LogP contribution is 2.47. The first-order valence-corrected chi connectivity index (χ1v) is 12.1.